The first-order valence-corrected chi connectivity index (χ1v) is 16.9. The Kier molecular flexibility index (Phi) is 6.52. The lowest BCUT2D eigenvalue weighted by molar-refractivity contribution is 0.388. The van der Waals surface area contributed by atoms with Crippen LogP contribution in [0.5, 0.6) is 17.2 Å². The van der Waals surface area contributed by atoms with Gasteiger partial charge in [0.1, 0.15) is 5.76 Å². The highest BCUT2D eigenvalue weighted by atomic mass is 16.5. The molecule has 0 unspecified atom stereocenters. The smallest absolute Gasteiger partial charge is 0.151 e. The van der Waals surface area contributed by atoms with Gasteiger partial charge in [0.15, 0.2) is 17.2 Å². The van der Waals surface area contributed by atoms with Gasteiger partial charge in [0.25, 0.3) is 0 Å². The van der Waals surface area contributed by atoms with Gasteiger partial charge in [0.05, 0.1) is 45.2 Å². The fraction of sp³-hybridized carbons (Fsp3) is 0.0455. The van der Waals surface area contributed by atoms with Crippen LogP contribution in [0.2, 0.25) is 0 Å². The molecule has 6 heteroatoms. The standard InChI is InChI=1S/C44H30N4O2/c1-2-12-34-33(11-1)45-43(29-21-25-31(26-22-29)47-35-13-3-7-17-39(35)49-40-18-8-4-14-36(40)47)44(46-34)30-23-27-32(28-24-30)48-37-15-5-9-19-41(37)50-42-20-10-6-16-38(42)48/h1-9,11-19,21-28H,10,20H2. The number of hydrogen-bond donors (Lipinski definition) is 0. The Balaban J connectivity index is 1.06. The molecule has 50 heavy (non-hydrogen) atoms. The molecule has 2 aliphatic heterocycles. The minimum Gasteiger partial charge on any atom is -0.457 e. The molecular formula is C44H30N4O2. The van der Waals surface area contributed by atoms with Crippen molar-refractivity contribution in [2.45, 2.75) is 12.8 Å². The summed E-state index contributed by atoms with van der Waals surface area (Å²) < 4.78 is 12.6. The van der Waals surface area contributed by atoms with Gasteiger partial charge in [0, 0.05) is 28.9 Å². The summed E-state index contributed by atoms with van der Waals surface area (Å²) in [5.41, 5.74) is 11.6. The summed E-state index contributed by atoms with van der Waals surface area (Å²) in [5, 5.41) is 0. The van der Waals surface area contributed by atoms with Gasteiger partial charge in [0.2, 0.25) is 0 Å². The van der Waals surface area contributed by atoms with Gasteiger partial charge in [-0.25, -0.2) is 9.97 Å². The van der Waals surface area contributed by atoms with Gasteiger partial charge in [-0.3, -0.25) is 0 Å². The Bertz CT molecular complexity index is 2460. The summed E-state index contributed by atoms with van der Waals surface area (Å²) in [4.78, 5) is 14.9. The van der Waals surface area contributed by atoms with Crippen LogP contribution in [0, 0.1) is 0 Å². The predicted molar refractivity (Wildman–Crippen MR) is 200 cm³/mol. The molecule has 238 valence electrons. The molecule has 0 saturated heterocycles. The van der Waals surface area contributed by atoms with E-state index in [-0.39, 0.29) is 0 Å². The van der Waals surface area contributed by atoms with Gasteiger partial charge in [-0.1, -0.05) is 78.9 Å². The van der Waals surface area contributed by atoms with Crippen molar-refractivity contribution < 1.29 is 9.47 Å². The zero-order valence-electron chi connectivity index (χ0n) is 27.0. The number of nitrogens with zero attached hydrogens (tertiary/aromatic N) is 4. The second-order valence-corrected chi connectivity index (χ2v) is 12.5. The number of para-hydroxylation sites is 8. The van der Waals surface area contributed by atoms with Crippen molar-refractivity contribution in [2.75, 3.05) is 9.80 Å². The van der Waals surface area contributed by atoms with E-state index in [2.05, 4.69) is 94.7 Å². The van der Waals surface area contributed by atoms with E-state index < -0.39 is 0 Å². The number of aromatic nitrogens is 2. The monoisotopic (exact) mass is 646 g/mol. The second kappa shape index (κ2) is 11.5. The maximum absolute atomic E-state index is 6.33. The van der Waals surface area contributed by atoms with Crippen molar-refractivity contribution in [1.82, 2.24) is 9.97 Å². The molecule has 0 N–H and O–H groups in total. The Morgan fingerprint density at radius 1 is 0.460 bits per heavy atom. The maximum Gasteiger partial charge on any atom is 0.151 e. The molecule has 0 radical (unpaired) electrons. The summed E-state index contributed by atoms with van der Waals surface area (Å²) in [7, 11) is 0. The number of rotatable bonds is 4. The van der Waals surface area contributed by atoms with Crippen LogP contribution in [0.3, 0.4) is 0 Å². The van der Waals surface area contributed by atoms with Crippen LogP contribution in [-0.2, 0) is 0 Å². The number of allylic oxidation sites excluding steroid dienone is 3. The zero-order chi connectivity index (χ0) is 33.0. The SMILES string of the molecule is C1=CC2=C(CC1)Oc1ccccc1N2c1ccc(-c2nc3ccccc3nc2-c2ccc(N3c4ccccc4Oc4ccccc43)cc2)cc1. The van der Waals surface area contributed by atoms with Crippen molar-refractivity contribution >= 4 is 39.5 Å². The normalized spacial score (nSPS) is 14.3. The van der Waals surface area contributed by atoms with Gasteiger partial charge < -0.3 is 19.3 Å². The lowest BCUT2D eigenvalue weighted by atomic mass is 10.0. The second-order valence-electron chi connectivity index (χ2n) is 12.5. The summed E-state index contributed by atoms with van der Waals surface area (Å²) in [6, 6.07) is 49.8. The summed E-state index contributed by atoms with van der Waals surface area (Å²) >= 11 is 0. The van der Waals surface area contributed by atoms with Crippen LogP contribution in [0.1, 0.15) is 12.8 Å². The van der Waals surface area contributed by atoms with Crippen LogP contribution in [0.15, 0.2) is 169 Å². The molecule has 1 aliphatic carbocycles. The highest BCUT2D eigenvalue weighted by Gasteiger charge is 2.28. The van der Waals surface area contributed by atoms with E-state index in [9.17, 15) is 0 Å². The molecule has 3 aliphatic rings. The third-order valence-corrected chi connectivity index (χ3v) is 9.48. The van der Waals surface area contributed by atoms with Crippen molar-refractivity contribution in [3.05, 3.63) is 169 Å². The van der Waals surface area contributed by atoms with Gasteiger partial charge in [-0.05, 0) is 85.3 Å². The van der Waals surface area contributed by atoms with Crippen molar-refractivity contribution in [3.8, 4) is 39.8 Å². The van der Waals surface area contributed by atoms with Gasteiger partial charge >= 0.3 is 0 Å². The Morgan fingerprint density at radius 3 is 1.48 bits per heavy atom. The number of ether oxygens (including phenoxy) is 2. The maximum atomic E-state index is 6.33. The molecule has 1 aromatic heterocycles. The Morgan fingerprint density at radius 2 is 0.920 bits per heavy atom. The molecule has 0 saturated carbocycles. The number of benzene rings is 6. The summed E-state index contributed by atoms with van der Waals surface area (Å²) in [6.45, 7) is 0. The van der Waals surface area contributed by atoms with Crippen LogP contribution in [0.25, 0.3) is 33.5 Å². The highest BCUT2D eigenvalue weighted by Crippen LogP contribution is 2.50. The average Bonchev–Trinajstić information content (AvgIpc) is 3.18. The fourth-order valence-electron chi connectivity index (χ4n) is 7.12. The molecule has 10 rings (SSSR count). The first kappa shape index (κ1) is 28.4. The van der Waals surface area contributed by atoms with Crippen LogP contribution in [0.4, 0.5) is 28.4 Å². The van der Waals surface area contributed by atoms with E-state index in [4.69, 9.17) is 19.4 Å². The Labute approximate surface area is 289 Å². The average molecular weight is 647 g/mol. The third-order valence-electron chi connectivity index (χ3n) is 9.48. The van der Waals surface area contributed by atoms with E-state index in [1.165, 1.54) is 0 Å². The number of fused-ring (bicyclic) bond motifs is 4. The van der Waals surface area contributed by atoms with Crippen molar-refractivity contribution in [1.29, 1.82) is 0 Å². The molecule has 0 atom stereocenters. The van der Waals surface area contributed by atoms with E-state index in [1.807, 2.05) is 72.8 Å². The molecular weight excluding hydrogens is 617 g/mol. The third kappa shape index (κ3) is 4.65. The summed E-state index contributed by atoms with van der Waals surface area (Å²) in [5.74, 6) is 3.54. The first-order chi connectivity index (χ1) is 24.8. The molecule has 6 aromatic carbocycles. The van der Waals surface area contributed by atoms with Gasteiger partial charge in [-0.2, -0.15) is 0 Å². The van der Waals surface area contributed by atoms with Crippen LogP contribution >= 0.6 is 0 Å². The number of hydrogen-bond acceptors (Lipinski definition) is 6. The van der Waals surface area contributed by atoms with Crippen molar-refractivity contribution in [3.63, 3.8) is 0 Å². The molecule has 0 bridgehead atoms. The Hall–Kier alpha value is -6.66. The topological polar surface area (TPSA) is 50.7 Å². The molecule has 0 spiro atoms. The molecule has 3 heterocycles. The lowest BCUT2D eigenvalue weighted by Crippen LogP contribution is -2.24. The van der Waals surface area contributed by atoms with Crippen molar-refractivity contribution in [2.24, 2.45) is 0 Å². The number of anilines is 5. The van der Waals surface area contributed by atoms with E-state index >= 15 is 0 Å². The molecule has 0 fully saturated rings. The highest BCUT2D eigenvalue weighted by molar-refractivity contribution is 5.90. The van der Waals surface area contributed by atoms with E-state index in [0.29, 0.717) is 0 Å². The molecule has 6 nitrogen and oxygen atoms in total. The predicted octanol–water partition coefficient (Wildman–Crippen LogP) is 11.6. The molecule has 7 aromatic rings. The van der Waals surface area contributed by atoms with E-state index in [0.717, 1.165) is 104 Å². The minimum absolute atomic E-state index is 0.828. The lowest BCUT2D eigenvalue weighted by Gasteiger charge is -2.35. The largest absolute Gasteiger partial charge is 0.457 e. The minimum atomic E-state index is 0.828. The molecule has 0 amide bonds. The summed E-state index contributed by atoms with van der Waals surface area (Å²) in [6.07, 6.45) is 6.25. The zero-order valence-corrected chi connectivity index (χ0v) is 27.0. The van der Waals surface area contributed by atoms with Crippen LogP contribution in [-0.4, -0.2) is 9.97 Å². The quantitative estimate of drug-likeness (QED) is 0.190. The van der Waals surface area contributed by atoms with E-state index in [1.54, 1.807) is 0 Å². The first-order valence-electron chi connectivity index (χ1n) is 16.9. The van der Waals surface area contributed by atoms with Crippen LogP contribution < -0.4 is 19.3 Å². The van der Waals surface area contributed by atoms with Gasteiger partial charge in [-0.15, -0.1) is 0 Å². The fourth-order valence-corrected chi connectivity index (χ4v) is 7.12.